The molecule has 0 bridgehead atoms. The summed E-state index contributed by atoms with van der Waals surface area (Å²) in [6.45, 7) is 5.63. The van der Waals surface area contributed by atoms with Crippen molar-refractivity contribution in [3.8, 4) is 0 Å². The van der Waals surface area contributed by atoms with Gasteiger partial charge >= 0.3 is 5.97 Å². The molecule has 0 aromatic heterocycles. The van der Waals surface area contributed by atoms with Crippen molar-refractivity contribution in [3.05, 3.63) is 0 Å². The molecule has 1 rings (SSSR count). The van der Waals surface area contributed by atoms with E-state index in [1.54, 1.807) is 0 Å². The molecular weight excluding hydrogens is 180 g/mol. The molecule has 1 aliphatic carbocycles. The first kappa shape index (κ1) is 11.2. The molecule has 0 saturated heterocycles. The van der Waals surface area contributed by atoms with E-state index in [0.717, 1.165) is 6.42 Å². The van der Waals surface area contributed by atoms with Gasteiger partial charge in [-0.2, -0.15) is 0 Å². The first-order chi connectivity index (χ1) is 6.41. The highest BCUT2D eigenvalue weighted by Gasteiger charge is 2.45. The molecular formula is C11H18O3. The number of methoxy groups -OCH3 is 1. The summed E-state index contributed by atoms with van der Waals surface area (Å²) in [5.41, 5.74) is -0.541. The van der Waals surface area contributed by atoms with Gasteiger partial charge in [0.2, 0.25) is 0 Å². The van der Waals surface area contributed by atoms with Crippen LogP contribution in [0.25, 0.3) is 0 Å². The molecule has 0 heterocycles. The fourth-order valence-corrected chi connectivity index (χ4v) is 2.40. The number of hydrogen-bond acceptors (Lipinski definition) is 3. The van der Waals surface area contributed by atoms with Gasteiger partial charge in [-0.15, -0.1) is 0 Å². The molecule has 0 aromatic carbocycles. The van der Waals surface area contributed by atoms with Gasteiger partial charge in [-0.25, -0.2) is 0 Å². The Hall–Kier alpha value is -0.860. The first-order valence-corrected chi connectivity index (χ1v) is 5.02. The van der Waals surface area contributed by atoms with E-state index in [-0.39, 0.29) is 23.6 Å². The highest BCUT2D eigenvalue weighted by Crippen LogP contribution is 2.42. The molecule has 80 valence electrons. The van der Waals surface area contributed by atoms with Crippen LogP contribution in [-0.4, -0.2) is 18.9 Å². The van der Waals surface area contributed by atoms with Crippen molar-refractivity contribution in [2.45, 2.75) is 33.6 Å². The lowest BCUT2D eigenvalue weighted by molar-refractivity contribution is -0.154. The van der Waals surface area contributed by atoms with Crippen LogP contribution >= 0.6 is 0 Å². The minimum atomic E-state index is -0.541. The van der Waals surface area contributed by atoms with Gasteiger partial charge in [-0.05, 0) is 26.2 Å². The molecule has 2 unspecified atom stereocenters. The average Bonchev–Trinajstić information content (AvgIpc) is 2.46. The maximum absolute atomic E-state index is 11.5. The van der Waals surface area contributed by atoms with Gasteiger partial charge in [-0.1, -0.05) is 6.92 Å². The quantitative estimate of drug-likeness (QED) is 0.635. The van der Waals surface area contributed by atoms with E-state index in [1.165, 1.54) is 7.11 Å². The first-order valence-electron chi connectivity index (χ1n) is 5.02. The summed E-state index contributed by atoms with van der Waals surface area (Å²) >= 11 is 0. The van der Waals surface area contributed by atoms with Gasteiger partial charge in [-0.3, -0.25) is 9.59 Å². The number of hydrogen-bond donors (Lipinski definition) is 0. The number of ketones is 1. The average molecular weight is 198 g/mol. The predicted octanol–water partition coefficient (Wildman–Crippen LogP) is 1.80. The third kappa shape index (κ3) is 1.68. The molecule has 0 amide bonds. The van der Waals surface area contributed by atoms with Gasteiger partial charge in [0.05, 0.1) is 12.5 Å². The van der Waals surface area contributed by atoms with E-state index in [9.17, 15) is 9.59 Å². The zero-order valence-electron chi connectivity index (χ0n) is 9.29. The van der Waals surface area contributed by atoms with E-state index < -0.39 is 5.41 Å². The minimum absolute atomic E-state index is 0.0101. The van der Waals surface area contributed by atoms with E-state index in [0.29, 0.717) is 6.42 Å². The number of carbonyl (C=O) groups excluding carboxylic acids is 2. The van der Waals surface area contributed by atoms with E-state index in [4.69, 9.17) is 4.74 Å². The minimum Gasteiger partial charge on any atom is -0.469 e. The molecule has 3 heteroatoms. The van der Waals surface area contributed by atoms with Gasteiger partial charge in [0.25, 0.3) is 0 Å². The third-order valence-electron chi connectivity index (χ3n) is 3.45. The van der Waals surface area contributed by atoms with Crippen LogP contribution in [0.1, 0.15) is 33.6 Å². The maximum Gasteiger partial charge on any atom is 0.311 e. The number of Topliss-reactive ketones (excluding diaryl/α,β-unsaturated/α-hetero) is 1. The lowest BCUT2D eigenvalue weighted by atomic mass is 9.74. The van der Waals surface area contributed by atoms with Gasteiger partial charge < -0.3 is 4.74 Å². The molecule has 2 atom stereocenters. The van der Waals surface area contributed by atoms with Crippen LogP contribution in [0, 0.1) is 17.3 Å². The Morgan fingerprint density at radius 2 is 2.07 bits per heavy atom. The van der Waals surface area contributed by atoms with Gasteiger partial charge in [0.15, 0.2) is 0 Å². The second-order valence-electron chi connectivity index (χ2n) is 4.61. The largest absolute Gasteiger partial charge is 0.469 e. The number of ether oxygens (including phenoxy) is 1. The fourth-order valence-electron chi connectivity index (χ4n) is 2.40. The predicted molar refractivity (Wildman–Crippen MR) is 52.7 cm³/mol. The molecule has 0 spiro atoms. The van der Waals surface area contributed by atoms with Crippen LogP contribution in [0.5, 0.6) is 0 Å². The van der Waals surface area contributed by atoms with Gasteiger partial charge in [0, 0.05) is 12.3 Å². The van der Waals surface area contributed by atoms with Crippen molar-refractivity contribution >= 4 is 11.8 Å². The molecule has 3 nitrogen and oxygen atoms in total. The summed E-state index contributed by atoms with van der Waals surface area (Å²) in [4.78, 5) is 22.9. The zero-order chi connectivity index (χ0) is 10.9. The lowest BCUT2D eigenvalue weighted by Crippen LogP contribution is -2.36. The molecule has 1 saturated carbocycles. The maximum atomic E-state index is 11.5. The van der Waals surface area contributed by atoms with E-state index in [1.807, 2.05) is 20.8 Å². The Labute approximate surface area is 84.8 Å². The van der Waals surface area contributed by atoms with Crippen LogP contribution in [0.15, 0.2) is 0 Å². The van der Waals surface area contributed by atoms with E-state index in [2.05, 4.69) is 0 Å². The van der Waals surface area contributed by atoms with Crippen LogP contribution in [0.3, 0.4) is 0 Å². The highest BCUT2D eigenvalue weighted by molar-refractivity contribution is 5.85. The third-order valence-corrected chi connectivity index (χ3v) is 3.45. The summed E-state index contributed by atoms with van der Waals surface area (Å²) in [7, 11) is 1.39. The SMILES string of the molecule is COC(=O)C(C)(C)C1CCC(=O)C1C. The zero-order valence-corrected chi connectivity index (χ0v) is 9.29. The van der Waals surface area contributed by atoms with Crippen molar-refractivity contribution in [3.63, 3.8) is 0 Å². The van der Waals surface area contributed by atoms with Crippen molar-refractivity contribution in [2.24, 2.45) is 17.3 Å². The van der Waals surface area contributed by atoms with E-state index >= 15 is 0 Å². The Kier molecular flexibility index (Phi) is 2.98. The normalized spacial score (nSPS) is 27.9. The van der Waals surface area contributed by atoms with Crippen molar-refractivity contribution in [1.29, 1.82) is 0 Å². The monoisotopic (exact) mass is 198 g/mol. The van der Waals surface area contributed by atoms with Crippen LogP contribution < -0.4 is 0 Å². The van der Waals surface area contributed by atoms with Crippen molar-refractivity contribution < 1.29 is 14.3 Å². The van der Waals surface area contributed by atoms with Crippen LogP contribution in [0.4, 0.5) is 0 Å². The molecule has 1 aliphatic rings. The summed E-state index contributed by atoms with van der Waals surface area (Å²) in [6, 6.07) is 0. The van der Waals surface area contributed by atoms with Gasteiger partial charge in [0.1, 0.15) is 5.78 Å². The molecule has 0 aliphatic heterocycles. The Morgan fingerprint density at radius 1 is 1.50 bits per heavy atom. The second-order valence-corrected chi connectivity index (χ2v) is 4.61. The standard InChI is InChI=1S/C11H18O3/c1-7-8(5-6-9(7)12)11(2,3)10(13)14-4/h7-8H,5-6H2,1-4H3. The smallest absolute Gasteiger partial charge is 0.311 e. The summed E-state index contributed by atoms with van der Waals surface area (Å²) < 4.78 is 4.76. The second kappa shape index (κ2) is 3.71. The van der Waals surface area contributed by atoms with Crippen molar-refractivity contribution in [2.75, 3.05) is 7.11 Å². The molecule has 0 N–H and O–H groups in total. The molecule has 14 heavy (non-hydrogen) atoms. The number of esters is 1. The fraction of sp³-hybridized carbons (Fsp3) is 0.818. The number of carbonyl (C=O) groups is 2. The summed E-state index contributed by atoms with van der Waals surface area (Å²) in [5.74, 6) is 0.169. The highest BCUT2D eigenvalue weighted by atomic mass is 16.5. The molecule has 0 radical (unpaired) electrons. The van der Waals surface area contributed by atoms with Crippen molar-refractivity contribution in [1.82, 2.24) is 0 Å². The summed E-state index contributed by atoms with van der Waals surface area (Å²) in [6.07, 6.45) is 1.41. The Morgan fingerprint density at radius 3 is 2.43 bits per heavy atom. The Bertz CT molecular complexity index is 255. The lowest BCUT2D eigenvalue weighted by Gasteiger charge is -2.30. The topological polar surface area (TPSA) is 43.4 Å². The summed E-state index contributed by atoms with van der Waals surface area (Å²) in [5, 5.41) is 0. The molecule has 0 aromatic rings. The Balaban J connectivity index is 2.83. The molecule has 1 fully saturated rings. The number of rotatable bonds is 2. The van der Waals surface area contributed by atoms with Crippen LogP contribution in [-0.2, 0) is 14.3 Å². The van der Waals surface area contributed by atoms with Crippen LogP contribution in [0.2, 0.25) is 0 Å².